The lowest BCUT2D eigenvalue weighted by atomic mass is 10.1. The van der Waals surface area contributed by atoms with Gasteiger partial charge in [0.25, 0.3) is 5.91 Å². The number of hydrogen-bond acceptors (Lipinski definition) is 3. The molecule has 0 aliphatic carbocycles. The number of carbonyl (C=O) groups excluding carboxylic acids is 1. The van der Waals surface area contributed by atoms with Crippen LogP contribution in [-0.4, -0.2) is 12.5 Å². The van der Waals surface area contributed by atoms with Crippen molar-refractivity contribution in [3.05, 3.63) is 52.0 Å². The lowest BCUT2D eigenvalue weighted by molar-refractivity contribution is -0.118. The second kappa shape index (κ2) is 6.63. The van der Waals surface area contributed by atoms with Crippen LogP contribution >= 0.6 is 15.9 Å². The number of rotatable bonds is 4. The molecule has 0 aliphatic rings. The molecule has 0 aliphatic heterocycles. The molecule has 5 heteroatoms. The minimum atomic E-state index is -0.240. The fourth-order valence-electron chi connectivity index (χ4n) is 1.91. The Hall–Kier alpha value is -2.01. The first-order valence-corrected chi connectivity index (χ1v) is 7.30. The van der Waals surface area contributed by atoms with Gasteiger partial charge in [-0.05, 0) is 43.2 Å². The second-order valence-corrected chi connectivity index (χ2v) is 5.70. The summed E-state index contributed by atoms with van der Waals surface area (Å²) in [6, 6.07) is 11.2. The highest BCUT2D eigenvalue weighted by molar-refractivity contribution is 9.10. The molecule has 0 saturated carbocycles. The highest BCUT2D eigenvalue weighted by Gasteiger charge is 2.09. The Labute approximate surface area is 132 Å². The first kappa shape index (κ1) is 15.4. The van der Waals surface area contributed by atoms with Gasteiger partial charge in [0.1, 0.15) is 5.75 Å². The van der Waals surface area contributed by atoms with Crippen molar-refractivity contribution in [3.63, 3.8) is 0 Å². The fourth-order valence-corrected chi connectivity index (χ4v) is 2.25. The summed E-state index contributed by atoms with van der Waals surface area (Å²) in [5, 5.41) is 2.78. The molecule has 3 N–H and O–H groups in total. The van der Waals surface area contributed by atoms with E-state index in [1.54, 1.807) is 6.07 Å². The first-order valence-electron chi connectivity index (χ1n) is 6.51. The van der Waals surface area contributed by atoms with Crippen LogP contribution < -0.4 is 15.8 Å². The van der Waals surface area contributed by atoms with Gasteiger partial charge in [-0.3, -0.25) is 4.79 Å². The van der Waals surface area contributed by atoms with E-state index in [0.717, 1.165) is 15.6 Å². The standard InChI is InChI=1S/C16H17BrN2O2/c1-10-6-7-12(17)8-14(10)21-9-15(20)19-16-11(2)4-3-5-13(16)18/h3-8H,9,18H2,1-2H3,(H,19,20). The van der Waals surface area contributed by atoms with Crippen LogP contribution in [0.3, 0.4) is 0 Å². The number of anilines is 2. The van der Waals surface area contributed by atoms with Crippen LogP contribution in [0, 0.1) is 13.8 Å². The van der Waals surface area contributed by atoms with Crippen molar-refractivity contribution in [2.75, 3.05) is 17.7 Å². The third kappa shape index (κ3) is 3.98. The summed E-state index contributed by atoms with van der Waals surface area (Å²) in [5.74, 6) is 0.438. The maximum atomic E-state index is 12.0. The summed E-state index contributed by atoms with van der Waals surface area (Å²) < 4.78 is 6.46. The topological polar surface area (TPSA) is 64.3 Å². The van der Waals surface area contributed by atoms with E-state index in [-0.39, 0.29) is 12.5 Å². The average Bonchev–Trinajstić information content (AvgIpc) is 2.44. The number of para-hydroxylation sites is 1. The highest BCUT2D eigenvalue weighted by Crippen LogP contribution is 2.24. The van der Waals surface area contributed by atoms with E-state index in [1.165, 1.54) is 0 Å². The summed E-state index contributed by atoms with van der Waals surface area (Å²) in [4.78, 5) is 12.0. The van der Waals surface area contributed by atoms with Crippen LogP contribution in [0.4, 0.5) is 11.4 Å². The van der Waals surface area contributed by atoms with Gasteiger partial charge in [0.05, 0.1) is 11.4 Å². The van der Waals surface area contributed by atoms with Gasteiger partial charge in [-0.15, -0.1) is 0 Å². The van der Waals surface area contributed by atoms with E-state index in [1.807, 2.05) is 44.2 Å². The number of nitrogen functional groups attached to an aromatic ring is 1. The molecule has 1 amide bonds. The number of nitrogens with two attached hydrogens (primary N) is 1. The predicted molar refractivity (Wildman–Crippen MR) is 88.6 cm³/mol. The highest BCUT2D eigenvalue weighted by atomic mass is 79.9. The predicted octanol–water partition coefficient (Wildman–Crippen LogP) is 3.67. The molecule has 4 nitrogen and oxygen atoms in total. The van der Waals surface area contributed by atoms with Gasteiger partial charge in [-0.25, -0.2) is 0 Å². The van der Waals surface area contributed by atoms with Crippen molar-refractivity contribution in [1.29, 1.82) is 0 Å². The summed E-state index contributed by atoms with van der Waals surface area (Å²) in [5.41, 5.74) is 8.93. The summed E-state index contributed by atoms with van der Waals surface area (Å²) >= 11 is 3.38. The molecule has 2 aromatic rings. The number of aryl methyl sites for hydroxylation is 2. The van der Waals surface area contributed by atoms with E-state index < -0.39 is 0 Å². The molecule has 0 heterocycles. The van der Waals surface area contributed by atoms with Gasteiger partial charge in [0, 0.05) is 4.47 Å². The molecule has 0 atom stereocenters. The monoisotopic (exact) mass is 348 g/mol. The minimum absolute atomic E-state index is 0.0644. The normalized spacial score (nSPS) is 10.2. The fraction of sp³-hybridized carbons (Fsp3) is 0.188. The van der Waals surface area contributed by atoms with Crippen molar-refractivity contribution in [2.45, 2.75) is 13.8 Å². The number of hydrogen-bond donors (Lipinski definition) is 2. The van der Waals surface area contributed by atoms with Crippen LogP contribution in [-0.2, 0) is 4.79 Å². The lowest BCUT2D eigenvalue weighted by Crippen LogP contribution is -2.21. The first-order chi connectivity index (χ1) is 9.97. The molecule has 0 bridgehead atoms. The van der Waals surface area contributed by atoms with E-state index in [9.17, 15) is 4.79 Å². The van der Waals surface area contributed by atoms with E-state index >= 15 is 0 Å². The zero-order chi connectivity index (χ0) is 15.4. The number of halogens is 1. The van der Waals surface area contributed by atoms with Crippen molar-refractivity contribution >= 4 is 33.2 Å². The van der Waals surface area contributed by atoms with Crippen LogP contribution in [0.25, 0.3) is 0 Å². The molecule has 0 fully saturated rings. The Kier molecular flexibility index (Phi) is 4.85. The number of amides is 1. The number of benzene rings is 2. The molecule has 110 valence electrons. The average molecular weight is 349 g/mol. The molecule has 0 radical (unpaired) electrons. The molecule has 0 saturated heterocycles. The molecule has 0 spiro atoms. The van der Waals surface area contributed by atoms with Crippen LogP contribution in [0.15, 0.2) is 40.9 Å². The van der Waals surface area contributed by atoms with Gasteiger partial charge in [-0.2, -0.15) is 0 Å². The quantitative estimate of drug-likeness (QED) is 0.828. The van der Waals surface area contributed by atoms with Crippen LogP contribution in [0.5, 0.6) is 5.75 Å². The Morgan fingerprint density at radius 3 is 2.71 bits per heavy atom. The van der Waals surface area contributed by atoms with Gasteiger partial charge >= 0.3 is 0 Å². The van der Waals surface area contributed by atoms with Gasteiger partial charge < -0.3 is 15.8 Å². The molecule has 2 aromatic carbocycles. The Balaban J connectivity index is 2.01. The maximum absolute atomic E-state index is 12.0. The van der Waals surface area contributed by atoms with E-state index in [4.69, 9.17) is 10.5 Å². The zero-order valence-corrected chi connectivity index (χ0v) is 13.5. The third-order valence-electron chi connectivity index (χ3n) is 3.08. The summed E-state index contributed by atoms with van der Waals surface area (Å²) in [6.45, 7) is 3.76. The van der Waals surface area contributed by atoms with Crippen molar-refractivity contribution in [3.8, 4) is 5.75 Å². The molecule has 0 unspecified atom stereocenters. The second-order valence-electron chi connectivity index (χ2n) is 4.79. The Morgan fingerprint density at radius 2 is 2.00 bits per heavy atom. The molecule has 2 rings (SSSR count). The van der Waals surface area contributed by atoms with E-state index in [2.05, 4.69) is 21.2 Å². The SMILES string of the molecule is Cc1ccc(Br)cc1OCC(=O)Nc1c(C)cccc1N. The van der Waals surface area contributed by atoms with E-state index in [0.29, 0.717) is 17.1 Å². The number of nitrogens with one attached hydrogen (secondary N) is 1. The minimum Gasteiger partial charge on any atom is -0.483 e. The molecule has 0 aromatic heterocycles. The number of ether oxygens (including phenoxy) is 1. The molecule has 21 heavy (non-hydrogen) atoms. The summed E-state index contributed by atoms with van der Waals surface area (Å²) in [6.07, 6.45) is 0. The Morgan fingerprint density at radius 1 is 1.24 bits per heavy atom. The van der Waals surface area contributed by atoms with Gasteiger partial charge in [0.2, 0.25) is 0 Å². The maximum Gasteiger partial charge on any atom is 0.262 e. The van der Waals surface area contributed by atoms with Crippen molar-refractivity contribution < 1.29 is 9.53 Å². The van der Waals surface area contributed by atoms with Crippen molar-refractivity contribution in [1.82, 2.24) is 0 Å². The lowest BCUT2D eigenvalue weighted by Gasteiger charge is -2.12. The van der Waals surface area contributed by atoms with Gasteiger partial charge in [0.15, 0.2) is 6.61 Å². The largest absolute Gasteiger partial charge is 0.483 e. The van der Waals surface area contributed by atoms with Crippen LogP contribution in [0.2, 0.25) is 0 Å². The zero-order valence-electron chi connectivity index (χ0n) is 11.9. The van der Waals surface area contributed by atoms with Crippen molar-refractivity contribution in [2.24, 2.45) is 0 Å². The Bertz CT molecular complexity index is 651. The van der Waals surface area contributed by atoms with Crippen LogP contribution in [0.1, 0.15) is 11.1 Å². The molecular formula is C16H17BrN2O2. The smallest absolute Gasteiger partial charge is 0.262 e. The van der Waals surface area contributed by atoms with Gasteiger partial charge in [-0.1, -0.05) is 34.1 Å². The molecular weight excluding hydrogens is 332 g/mol. The number of carbonyl (C=O) groups is 1. The summed E-state index contributed by atoms with van der Waals surface area (Å²) in [7, 11) is 0. The third-order valence-corrected chi connectivity index (χ3v) is 3.57.